The molecule has 0 bridgehead atoms. The monoisotopic (exact) mass is 764 g/mol. The second-order valence-corrected chi connectivity index (χ2v) is 16.1. The molecular formula is C58H40N2. The van der Waals surface area contributed by atoms with Crippen LogP contribution in [0, 0.1) is 0 Å². The highest BCUT2D eigenvalue weighted by molar-refractivity contribution is 6.28. The Labute approximate surface area is 349 Å². The smallest absolute Gasteiger partial charge is 0.104 e. The van der Waals surface area contributed by atoms with Crippen LogP contribution in [-0.2, 0) is 0 Å². The minimum Gasteiger partial charge on any atom is -0.366 e. The average Bonchev–Trinajstić information content (AvgIpc) is 3.33. The second-order valence-electron chi connectivity index (χ2n) is 16.1. The van der Waals surface area contributed by atoms with Gasteiger partial charge in [0.05, 0.1) is 6.04 Å². The summed E-state index contributed by atoms with van der Waals surface area (Å²) in [6.45, 7) is 0. The summed E-state index contributed by atoms with van der Waals surface area (Å²) in [6, 6.07) is 77.8. The van der Waals surface area contributed by atoms with Crippen LogP contribution in [-0.4, -0.2) is 0 Å². The van der Waals surface area contributed by atoms with Crippen LogP contribution in [0.4, 0.5) is 0 Å². The lowest BCUT2D eigenvalue weighted by atomic mass is 9.84. The van der Waals surface area contributed by atoms with Crippen LogP contribution in [0.25, 0.3) is 92.6 Å². The summed E-state index contributed by atoms with van der Waals surface area (Å²) in [4.78, 5) is 0. The van der Waals surface area contributed by atoms with Gasteiger partial charge in [-0.25, -0.2) is 0 Å². The van der Waals surface area contributed by atoms with Crippen molar-refractivity contribution in [3.8, 4) is 22.3 Å². The van der Waals surface area contributed by atoms with Gasteiger partial charge < -0.3 is 5.32 Å². The third-order valence-corrected chi connectivity index (χ3v) is 12.7. The third-order valence-electron chi connectivity index (χ3n) is 12.7. The summed E-state index contributed by atoms with van der Waals surface area (Å²) in [5.74, 6) is 0. The maximum Gasteiger partial charge on any atom is 0.104 e. The molecule has 0 radical (unpaired) electrons. The molecule has 1 aliphatic heterocycles. The summed E-state index contributed by atoms with van der Waals surface area (Å²) in [5.41, 5.74) is 9.69. The fourth-order valence-corrected chi connectivity index (χ4v) is 9.94. The van der Waals surface area contributed by atoms with Crippen LogP contribution in [0.15, 0.2) is 218 Å². The predicted molar refractivity (Wildman–Crippen MR) is 255 cm³/mol. The van der Waals surface area contributed by atoms with E-state index in [-0.39, 0.29) is 12.2 Å². The molecule has 0 saturated carbocycles. The van der Waals surface area contributed by atoms with Crippen LogP contribution in [0.5, 0.6) is 0 Å². The zero-order chi connectivity index (χ0) is 39.6. The van der Waals surface area contributed by atoms with E-state index in [2.05, 4.69) is 229 Å². The lowest BCUT2D eigenvalue weighted by Gasteiger charge is -2.33. The largest absolute Gasteiger partial charge is 0.366 e. The van der Waals surface area contributed by atoms with E-state index in [9.17, 15) is 0 Å². The topological polar surface area (TPSA) is 24.1 Å². The first kappa shape index (κ1) is 34.5. The van der Waals surface area contributed by atoms with Crippen molar-refractivity contribution < 1.29 is 0 Å². The summed E-state index contributed by atoms with van der Waals surface area (Å²) in [5, 5.41) is 23.2. The van der Waals surface area contributed by atoms with Crippen LogP contribution < -0.4 is 10.6 Å². The molecule has 2 heteroatoms. The molecule has 0 amide bonds. The van der Waals surface area contributed by atoms with Gasteiger partial charge in [-0.05, 0) is 116 Å². The number of hydrogen-bond acceptors (Lipinski definition) is 2. The first-order valence-electron chi connectivity index (χ1n) is 20.9. The number of rotatable bonds is 5. The van der Waals surface area contributed by atoms with Gasteiger partial charge in [0.2, 0.25) is 0 Å². The van der Waals surface area contributed by atoms with Crippen molar-refractivity contribution in [3.05, 3.63) is 235 Å². The minimum absolute atomic E-state index is 0.0226. The molecule has 0 spiro atoms. The van der Waals surface area contributed by atoms with Gasteiger partial charge >= 0.3 is 0 Å². The van der Waals surface area contributed by atoms with Crippen LogP contribution >= 0.6 is 0 Å². The van der Waals surface area contributed by atoms with Crippen molar-refractivity contribution in [2.24, 2.45) is 0 Å². The molecule has 0 saturated heterocycles. The van der Waals surface area contributed by atoms with Crippen LogP contribution in [0.1, 0.15) is 28.9 Å². The van der Waals surface area contributed by atoms with Crippen molar-refractivity contribution in [2.45, 2.75) is 12.2 Å². The summed E-state index contributed by atoms with van der Waals surface area (Å²) in [7, 11) is 0. The summed E-state index contributed by atoms with van der Waals surface area (Å²) >= 11 is 0. The van der Waals surface area contributed by atoms with E-state index in [4.69, 9.17) is 0 Å². The first-order chi connectivity index (χ1) is 29.8. The lowest BCUT2D eigenvalue weighted by molar-refractivity contribution is 0.443. The first-order valence-corrected chi connectivity index (χ1v) is 20.9. The molecule has 12 rings (SSSR count). The van der Waals surface area contributed by atoms with Gasteiger partial charge in [-0.1, -0.05) is 206 Å². The molecule has 2 N–H and O–H groups in total. The zero-order valence-corrected chi connectivity index (χ0v) is 32.9. The number of fused-ring (bicyclic) bond motifs is 10. The van der Waals surface area contributed by atoms with Crippen molar-refractivity contribution in [1.29, 1.82) is 0 Å². The van der Waals surface area contributed by atoms with Crippen molar-refractivity contribution in [2.75, 3.05) is 0 Å². The van der Waals surface area contributed by atoms with Crippen LogP contribution in [0.3, 0.4) is 0 Å². The Balaban J connectivity index is 1.02. The van der Waals surface area contributed by atoms with E-state index in [1.807, 2.05) is 0 Å². The Morgan fingerprint density at radius 1 is 0.317 bits per heavy atom. The Bertz CT molecular complexity index is 3440. The Morgan fingerprint density at radius 2 is 0.817 bits per heavy atom. The van der Waals surface area contributed by atoms with Gasteiger partial charge in [-0.3, -0.25) is 5.32 Å². The molecular weight excluding hydrogens is 725 g/mol. The van der Waals surface area contributed by atoms with E-state index in [1.165, 1.54) is 98.0 Å². The molecule has 0 aliphatic carbocycles. The molecule has 2 nitrogen and oxygen atoms in total. The fraction of sp³-hybridized carbons (Fsp3) is 0.0345. The average molecular weight is 765 g/mol. The SMILES string of the molecule is C1=C(c2ccc(-c3c4ccccc4c(-c4ccccc4)c4ccc5ccccc5c34)cc2)NC(c2ccccc2)NC1c1ccc2c3ccccc3c3ccccc3c2c1. The Hall–Kier alpha value is -7.52. The second kappa shape index (κ2) is 14.1. The zero-order valence-electron chi connectivity index (χ0n) is 32.9. The van der Waals surface area contributed by atoms with E-state index >= 15 is 0 Å². The molecule has 11 aromatic rings. The molecule has 1 heterocycles. The third kappa shape index (κ3) is 5.61. The van der Waals surface area contributed by atoms with Gasteiger partial charge in [-0.15, -0.1) is 0 Å². The number of nitrogens with one attached hydrogen (secondary N) is 2. The van der Waals surface area contributed by atoms with E-state index < -0.39 is 0 Å². The Kier molecular flexibility index (Phi) is 8.11. The maximum absolute atomic E-state index is 3.96. The normalized spacial score (nSPS) is 15.5. The highest BCUT2D eigenvalue weighted by atomic mass is 15.2. The van der Waals surface area contributed by atoms with E-state index in [0.29, 0.717) is 0 Å². The summed E-state index contributed by atoms with van der Waals surface area (Å²) < 4.78 is 0. The Morgan fingerprint density at radius 3 is 1.50 bits per heavy atom. The van der Waals surface area contributed by atoms with Crippen molar-refractivity contribution in [3.63, 3.8) is 0 Å². The number of benzene rings is 11. The lowest BCUT2D eigenvalue weighted by Crippen LogP contribution is -2.39. The van der Waals surface area contributed by atoms with Gasteiger partial charge in [0.1, 0.15) is 6.17 Å². The molecule has 0 aromatic heterocycles. The van der Waals surface area contributed by atoms with E-state index in [1.54, 1.807) is 0 Å². The highest BCUT2D eigenvalue weighted by Crippen LogP contribution is 2.46. The standard InChI is InChI=1S/C58H40N2/c1-3-16-39(17-4-1)55-49-25-13-14-26-50(49)56(57-43-20-8-7-15-37(43)31-34-51(55)57)40-29-27-38(28-30-40)53-36-54(60-58(59-53)41-18-5-2-6-19-41)42-32-33-48-46-23-10-9-21-44(46)45-22-11-12-24-47(45)52(48)35-42/h1-36,54,58-60H. The van der Waals surface area contributed by atoms with Gasteiger partial charge in [0.15, 0.2) is 0 Å². The van der Waals surface area contributed by atoms with Gasteiger partial charge in [0.25, 0.3) is 0 Å². The summed E-state index contributed by atoms with van der Waals surface area (Å²) in [6.07, 6.45) is 2.29. The molecule has 2 unspecified atom stereocenters. The maximum atomic E-state index is 3.96. The van der Waals surface area contributed by atoms with Gasteiger partial charge in [-0.2, -0.15) is 0 Å². The predicted octanol–water partition coefficient (Wildman–Crippen LogP) is 14.9. The fourth-order valence-electron chi connectivity index (χ4n) is 9.94. The molecule has 2 atom stereocenters. The van der Waals surface area contributed by atoms with Crippen molar-refractivity contribution >= 4 is 70.3 Å². The van der Waals surface area contributed by atoms with Crippen molar-refractivity contribution in [1.82, 2.24) is 10.6 Å². The molecule has 282 valence electrons. The minimum atomic E-state index is -0.0790. The number of hydrogen-bond donors (Lipinski definition) is 2. The molecule has 11 aromatic carbocycles. The van der Waals surface area contributed by atoms with E-state index in [0.717, 1.165) is 11.3 Å². The molecule has 60 heavy (non-hydrogen) atoms. The van der Waals surface area contributed by atoms with Gasteiger partial charge in [0, 0.05) is 5.70 Å². The molecule has 0 fully saturated rings. The highest BCUT2D eigenvalue weighted by Gasteiger charge is 2.25. The quantitative estimate of drug-likeness (QED) is 0.135. The molecule has 1 aliphatic rings. The van der Waals surface area contributed by atoms with Crippen LogP contribution in [0.2, 0.25) is 0 Å².